The normalized spacial score (nSPS) is 18.6. The Morgan fingerprint density at radius 2 is 2.00 bits per heavy atom. The van der Waals surface area contributed by atoms with Crippen molar-refractivity contribution >= 4 is 11.7 Å². The molecule has 2 aromatic carbocycles. The number of urea groups is 1. The molecule has 6 heteroatoms. The summed E-state index contributed by atoms with van der Waals surface area (Å²) in [6.07, 6.45) is 2.34. The van der Waals surface area contributed by atoms with Crippen LogP contribution >= 0.6 is 0 Å². The van der Waals surface area contributed by atoms with Gasteiger partial charge in [-0.15, -0.1) is 0 Å². The van der Waals surface area contributed by atoms with Gasteiger partial charge in [0.25, 0.3) is 0 Å². The standard InChI is InChI=1S/C20H24N2O4/c1-25-15-9-10-16-14(12-15)6-5-11-20(16,24)13-21-19(23)22-17-7-3-4-8-18(17)26-2/h3-4,7-10,12,24H,5-6,11,13H2,1-2H3,(H2,21,22,23). The van der Waals surface area contributed by atoms with E-state index in [2.05, 4.69) is 10.6 Å². The zero-order valence-electron chi connectivity index (χ0n) is 15.0. The number of carbonyl (C=O) groups excluding carboxylic acids is 1. The Labute approximate surface area is 153 Å². The molecule has 138 valence electrons. The van der Waals surface area contributed by atoms with E-state index in [1.54, 1.807) is 26.4 Å². The number of hydrogen-bond donors (Lipinski definition) is 3. The van der Waals surface area contributed by atoms with Crippen LogP contribution in [0.5, 0.6) is 11.5 Å². The van der Waals surface area contributed by atoms with Gasteiger partial charge < -0.3 is 25.2 Å². The molecule has 0 radical (unpaired) electrons. The molecule has 3 N–H and O–H groups in total. The number of fused-ring (bicyclic) bond motifs is 1. The summed E-state index contributed by atoms with van der Waals surface area (Å²) in [6, 6.07) is 12.5. The van der Waals surface area contributed by atoms with Crippen LogP contribution in [0.25, 0.3) is 0 Å². The number of hydrogen-bond acceptors (Lipinski definition) is 4. The average molecular weight is 356 g/mol. The van der Waals surface area contributed by atoms with Gasteiger partial charge in [0.15, 0.2) is 0 Å². The second-order valence-electron chi connectivity index (χ2n) is 6.42. The number of methoxy groups -OCH3 is 2. The summed E-state index contributed by atoms with van der Waals surface area (Å²) in [5.41, 5.74) is 1.40. The summed E-state index contributed by atoms with van der Waals surface area (Å²) < 4.78 is 10.5. The maximum Gasteiger partial charge on any atom is 0.319 e. The van der Waals surface area contributed by atoms with Gasteiger partial charge in [-0.25, -0.2) is 4.79 Å². The Bertz CT molecular complexity index is 793. The SMILES string of the molecule is COc1ccc2c(c1)CCCC2(O)CNC(=O)Nc1ccccc1OC. The predicted octanol–water partition coefficient (Wildman–Crippen LogP) is 3.05. The van der Waals surface area contributed by atoms with Gasteiger partial charge in [0, 0.05) is 0 Å². The molecule has 0 saturated heterocycles. The molecule has 0 spiro atoms. The van der Waals surface area contributed by atoms with Crippen molar-refractivity contribution in [3.8, 4) is 11.5 Å². The highest BCUT2D eigenvalue weighted by atomic mass is 16.5. The molecule has 2 amide bonds. The van der Waals surface area contributed by atoms with E-state index in [-0.39, 0.29) is 12.6 Å². The first-order chi connectivity index (χ1) is 12.6. The molecule has 0 saturated carbocycles. The number of rotatable bonds is 5. The van der Waals surface area contributed by atoms with Crippen molar-refractivity contribution in [1.82, 2.24) is 5.32 Å². The Balaban J connectivity index is 1.69. The molecular weight excluding hydrogens is 332 g/mol. The number of ether oxygens (including phenoxy) is 2. The van der Waals surface area contributed by atoms with E-state index in [4.69, 9.17) is 9.47 Å². The van der Waals surface area contributed by atoms with Gasteiger partial charge >= 0.3 is 6.03 Å². The first kappa shape index (κ1) is 18.1. The van der Waals surface area contributed by atoms with Gasteiger partial charge in [0.05, 0.1) is 26.5 Å². The number of para-hydroxylation sites is 2. The van der Waals surface area contributed by atoms with Crippen LogP contribution in [0.1, 0.15) is 24.0 Å². The molecule has 6 nitrogen and oxygen atoms in total. The smallest absolute Gasteiger partial charge is 0.319 e. The fourth-order valence-corrected chi connectivity index (χ4v) is 3.39. The molecule has 0 fully saturated rings. The third kappa shape index (κ3) is 3.75. The molecule has 1 aliphatic carbocycles. The highest BCUT2D eigenvalue weighted by Crippen LogP contribution is 2.36. The van der Waals surface area contributed by atoms with E-state index in [1.165, 1.54) is 0 Å². The minimum atomic E-state index is -1.09. The van der Waals surface area contributed by atoms with Gasteiger partial charge in [-0.3, -0.25) is 0 Å². The van der Waals surface area contributed by atoms with Crippen molar-refractivity contribution in [3.63, 3.8) is 0 Å². The Morgan fingerprint density at radius 1 is 1.19 bits per heavy atom. The lowest BCUT2D eigenvalue weighted by atomic mass is 9.79. The molecule has 3 rings (SSSR count). The molecule has 1 aliphatic rings. The fraction of sp³-hybridized carbons (Fsp3) is 0.350. The topological polar surface area (TPSA) is 79.8 Å². The van der Waals surface area contributed by atoms with Crippen molar-refractivity contribution < 1.29 is 19.4 Å². The van der Waals surface area contributed by atoms with Crippen LogP contribution in [-0.2, 0) is 12.0 Å². The molecular formula is C20H24N2O4. The lowest BCUT2D eigenvalue weighted by Crippen LogP contribution is -2.44. The molecule has 0 bridgehead atoms. The predicted molar refractivity (Wildman–Crippen MR) is 99.8 cm³/mol. The van der Waals surface area contributed by atoms with E-state index in [0.29, 0.717) is 17.9 Å². The molecule has 26 heavy (non-hydrogen) atoms. The second-order valence-corrected chi connectivity index (χ2v) is 6.42. The fourth-order valence-electron chi connectivity index (χ4n) is 3.39. The zero-order chi connectivity index (χ0) is 18.6. The summed E-state index contributed by atoms with van der Waals surface area (Å²) >= 11 is 0. The summed E-state index contributed by atoms with van der Waals surface area (Å²) in [5.74, 6) is 1.35. The first-order valence-electron chi connectivity index (χ1n) is 8.63. The van der Waals surface area contributed by atoms with E-state index in [9.17, 15) is 9.90 Å². The van der Waals surface area contributed by atoms with Crippen molar-refractivity contribution in [3.05, 3.63) is 53.6 Å². The van der Waals surface area contributed by atoms with E-state index in [0.717, 1.165) is 29.7 Å². The number of benzene rings is 2. The molecule has 2 aromatic rings. The third-order valence-corrected chi connectivity index (χ3v) is 4.75. The highest BCUT2D eigenvalue weighted by molar-refractivity contribution is 5.90. The van der Waals surface area contributed by atoms with Gasteiger partial charge in [0.1, 0.15) is 17.1 Å². The van der Waals surface area contributed by atoms with E-state index in [1.807, 2.05) is 30.3 Å². The lowest BCUT2D eigenvalue weighted by molar-refractivity contribution is 0.0220. The molecule has 0 heterocycles. The minimum Gasteiger partial charge on any atom is -0.497 e. The maximum absolute atomic E-state index is 12.3. The van der Waals surface area contributed by atoms with Crippen LogP contribution in [0, 0.1) is 0 Å². The quantitative estimate of drug-likeness (QED) is 0.769. The van der Waals surface area contributed by atoms with Crippen LogP contribution < -0.4 is 20.1 Å². The van der Waals surface area contributed by atoms with Crippen LogP contribution in [0.3, 0.4) is 0 Å². The number of carbonyl (C=O) groups is 1. The Hall–Kier alpha value is -2.73. The number of aryl methyl sites for hydroxylation is 1. The molecule has 1 unspecified atom stereocenters. The zero-order valence-corrected chi connectivity index (χ0v) is 15.0. The van der Waals surface area contributed by atoms with Crippen LogP contribution in [0.15, 0.2) is 42.5 Å². The molecule has 1 atom stereocenters. The third-order valence-electron chi connectivity index (χ3n) is 4.75. The summed E-state index contributed by atoms with van der Waals surface area (Å²) in [4.78, 5) is 12.3. The van der Waals surface area contributed by atoms with Crippen LogP contribution in [0.2, 0.25) is 0 Å². The van der Waals surface area contributed by atoms with Crippen LogP contribution in [0.4, 0.5) is 10.5 Å². The van der Waals surface area contributed by atoms with Crippen molar-refractivity contribution in [2.24, 2.45) is 0 Å². The Morgan fingerprint density at radius 3 is 2.77 bits per heavy atom. The number of amides is 2. The first-order valence-corrected chi connectivity index (χ1v) is 8.63. The average Bonchev–Trinajstić information content (AvgIpc) is 2.67. The molecule has 0 aromatic heterocycles. The van der Waals surface area contributed by atoms with Gasteiger partial charge in [-0.1, -0.05) is 18.2 Å². The number of anilines is 1. The van der Waals surface area contributed by atoms with Crippen LogP contribution in [-0.4, -0.2) is 31.9 Å². The summed E-state index contributed by atoms with van der Waals surface area (Å²) in [5, 5.41) is 16.6. The molecule has 0 aliphatic heterocycles. The highest BCUT2D eigenvalue weighted by Gasteiger charge is 2.34. The maximum atomic E-state index is 12.3. The van der Waals surface area contributed by atoms with E-state index < -0.39 is 5.60 Å². The monoisotopic (exact) mass is 356 g/mol. The van der Waals surface area contributed by atoms with Crippen molar-refractivity contribution in [1.29, 1.82) is 0 Å². The second kappa shape index (κ2) is 7.66. The number of nitrogens with one attached hydrogen (secondary N) is 2. The van der Waals surface area contributed by atoms with Gasteiger partial charge in [-0.2, -0.15) is 0 Å². The largest absolute Gasteiger partial charge is 0.497 e. The summed E-state index contributed by atoms with van der Waals surface area (Å²) in [7, 11) is 3.18. The van der Waals surface area contributed by atoms with Crippen molar-refractivity contribution in [2.45, 2.75) is 24.9 Å². The lowest BCUT2D eigenvalue weighted by Gasteiger charge is -2.34. The summed E-state index contributed by atoms with van der Waals surface area (Å²) in [6.45, 7) is 0.132. The minimum absolute atomic E-state index is 0.132. The van der Waals surface area contributed by atoms with E-state index >= 15 is 0 Å². The number of aliphatic hydroxyl groups is 1. The van der Waals surface area contributed by atoms with Gasteiger partial charge in [-0.05, 0) is 54.7 Å². The Kier molecular flexibility index (Phi) is 5.32. The van der Waals surface area contributed by atoms with Gasteiger partial charge in [0.2, 0.25) is 0 Å². The van der Waals surface area contributed by atoms with Crippen molar-refractivity contribution in [2.75, 3.05) is 26.1 Å².